The molecule has 0 spiro atoms. The summed E-state index contributed by atoms with van der Waals surface area (Å²) >= 11 is 3.33. The van der Waals surface area contributed by atoms with E-state index in [4.69, 9.17) is 5.73 Å². The van der Waals surface area contributed by atoms with E-state index in [-0.39, 0.29) is 11.9 Å². The van der Waals surface area contributed by atoms with Gasteiger partial charge in [0.25, 0.3) is 5.91 Å². The highest BCUT2D eigenvalue weighted by atomic mass is 79.9. The van der Waals surface area contributed by atoms with Crippen molar-refractivity contribution in [2.24, 2.45) is 0 Å². The van der Waals surface area contributed by atoms with Gasteiger partial charge in [-0.3, -0.25) is 4.79 Å². The molecule has 0 radical (unpaired) electrons. The standard InChI is InChI=1S/C16H17BrN2O/c1-10-4-3-5-12(8-10)11(2)19-16(20)13-6-7-15(18)14(17)9-13/h3-9,11H,18H2,1-2H3,(H,19,20)/t11-/m0/s1. The zero-order valence-electron chi connectivity index (χ0n) is 11.5. The van der Waals surface area contributed by atoms with Gasteiger partial charge in [0.1, 0.15) is 0 Å². The molecule has 1 amide bonds. The second-order valence-corrected chi connectivity index (χ2v) is 5.70. The lowest BCUT2D eigenvalue weighted by Crippen LogP contribution is -2.26. The van der Waals surface area contributed by atoms with Crippen LogP contribution in [-0.4, -0.2) is 5.91 Å². The summed E-state index contributed by atoms with van der Waals surface area (Å²) in [5, 5.41) is 2.99. The lowest BCUT2D eigenvalue weighted by atomic mass is 10.1. The Kier molecular flexibility index (Phi) is 4.45. The molecule has 20 heavy (non-hydrogen) atoms. The highest BCUT2D eigenvalue weighted by Gasteiger charge is 2.12. The molecule has 0 fully saturated rings. The Hall–Kier alpha value is -1.81. The number of benzene rings is 2. The van der Waals surface area contributed by atoms with Crippen molar-refractivity contribution in [3.63, 3.8) is 0 Å². The fraction of sp³-hybridized carbons (Fsp3) is 0.188. The van der Waals surface area contributed by atoms with E-state index in [1.54, 1.807) is 18.2 Å². The Labute approximate surface area is 127 Å². The van der Waals surface area contributed by atoms with E-state index < -0.39 is 0 Å². The van der Waals surface area contributed by atoms with E-state index in [0.29, 0.717) is 11.3 Å². The molecular weight excluding hydrogens is 316 g/mol. The number of rotatable bonds is 3. The van der Waals surface area contributed by atoms with Crippen LogP contribution < -0.4 is 11.1 Å². The number of aryl methyl sites for hydroxylation is 1. The highest BCUT2D eigenvalue weighted by Crippen LogP contribution is 2.21. The quantitative estimate of drug-likeness (QED) is 0.839. The SMILES string of the molecule is Cc1cccc([C@H](C)NC(=O)c2ccc(N)c(Br)c2)c1. The van der Waals surface area contributed by atoms with Crippen molar-refractivity contribution in [3.8, 4) is 0 Å². The van der Waals surface area contributed by atoms with Crippen LogP contribution in [0.25, 0.3) is 0 Å². The van der Waals surface area contributed by atoms with Crippen molar-refractivity contribution >= 4 is 27.5 Å². The van der Waals surface area contributed by atoms with Gasteiger partial charge in [-0.25, -0.2) is 0 Å². The van der Waals surface area contributed by atoms with Gasteiger partial charge in [-0.15, -0.1) is 0 Å². The Balaban J connectivity index is 2.13. The average Bonchev–Trinajstić information content (AvgIpc) is 2.41. The Bertz CT molecular complexity index is 640. The number of amides is 1. The molecule has 0 aromatic heterocycles. The van der Waals surface area contributed by atoms with Crippen molar-refractivity contribution in [2.75, 3.05) is 5.73 Å². The first-order chi connectivity index (χ1) is 9.47. The number of nitrogen functional groups attached to an aromatic ring is 1. The summed E-state index contributed by atoms with van der Waals surface area (Å²) in [5.41, 5.74) is 9.20. The van der Waals surface area contributed by atoms with E-state index in [2.05, 4.69) is 27.3 Å². The molecule has 2 aromatic rings. The summed E-state index contributed by atoms with van der Waals surface area (Å²) in [4.78, 5) is 12.2. The molecule has 0 aliphatic rings. The number of carbonyl (C=O) groups excluding carboxylic acids is 1. The third kappa shape index (κ3) is 3.39. The van der Waals surface area contributed by atoms with Gasteiger partial charge in [0.15, 0.2) is 0 Å². The smallest absolute Gasteiger partial charge is 0.251 e. The molecule has 0 saturated carbocycles. The topological polar surface area (TPSA) is 55.1 Å². The third-order valence-corrected chi connectivity index (χ3v) is 3.84. The summed E-state index contributed by atoms with van der Waals surface area (Å²) in [6.07, 6.45) is 0. The first kappa shape index (κ1) is 14.6. The highest BCUT2D eigenvalue weighted by molar-refractivity contribution is 9.10. The first-order valence-electron chi connectivity index (χ1n) is 6.40. The number of carbonyl (C=O) groups is 1. The number of anilines is 1. The maximum absolute atomic E-state index is 12.2. The van der Waals surface area contributed by atoms with Crippen LogP contribution in [0.4, 0.5) is 5.69 Å². The van der Waals surface area contributed by atoms with Crippen LogP contribution in [0.15, 0.2) is 46.9 Å². The number of hydrogen-bond acceptors (Lipinski definition) is 2. The summed E-state index contributed by atoms with van der Waals surface area (Å²) in [6, 6.07) is 13.2. The Morgan fingerprint density at radius 3 is 2.65 bits per heavy atom. The van der Waals surface area contributed by atoms with E-state index in [9.17, 15) is 4.79 Å². The van der Waals surface area contributed by atoms with Crippen molar-refractivity contribution in [3.05, 3.63) is 63.6 Å². The fourth-order valence-corrected chi connectivity index (χ4v) is 2.35. The maximum Gasteiger partial charge on any atom is 0.251 e. The van der Waals surface area contributed by atoms with Crippen LogP contribution in [0.2, 0.25) is 0 Å². The molecule has 3 N–H and O–H groups in total. The van der Waals surface area contributed by atoms with Gasteiger partial charge in [0.05, 0.1) is 6.04 Å². The van der Waals surface area contributed by atoms with E-state index in [1.807, 2.05) is 32.0 Å². The molecule has 0 saturated heterocycles. The van der Waals surface area contributed by atoms with Gasteiger partial charge in [0, 0.05) is 15.7 Å². The Morgan fingerprint density at radius 1 is 1.25 bits per heavy atom. The Morgan fingerprint density at radius 2 is 2.00 bits per heavy atom. The van der Waals surface area contributed by atoms with Crippen LogP contribution in [0.5, 0.6) is 0 Å². The summed E-state index contributed by atoms with van der Waals surface area (Å²) in [6.45, 7) is 4.01. The van der Waals surface area contributed by atoms with Gasteiger partial charge in [-0.05, 0) is 53.5 Å². The summed E-state index contributed by atoms with van der Waals surface area (Å²) in [5.74, 6) is -0.111. The zero-order valence-corrected chi connectivity index (χ0v) is 13.1. The van der Waals surface area contributed by atoms with Crippen molar-refractivity contribution in [1.29, 1.82) is 0 Å². The number of nitrogens with one attached hydrogen (secondary N) is 1. The van der Waals surface area contributed by atoms with Crippen molar-refractivity contribution < 1.29 is 4.79 Å². The van der Waals surface area contributed by atoms with Crippen LogP contribution >= 0.6 is 15.9 Å². The number of halogens is 1. The summed E-state index contributed by atoms with van der Waals surface area (Å²) in [7, 11) is 0. The third-order valence-electron chi connectivity index (χ3n) is 3.15. The number of hydrogen-bond donors (Lipinski definition) is 2. The minimum Gasteiger partial charge on any atom is -0.398 e. The van der Waals surface area contributed by atoms with E-state index in [0.717, 1.165) is 10.0 Å². The molecule has 0 unspecified atom stereocenters. The maximum atomic E-state index is 12.2. The van der Waals surface area contributed by atoms with Crippen molar-refractivity contribution in [1.82, 2.24) is 5.32 Å². The lowest BCUT2D eigenvalue weighted by Gasteiger charge is -2.15. The van der Waals surface area contributed by atoms with Crippen LogP contribution in [0.1, 0.15) is 34.5 Å². The van der Waals surface area contributed by atoms with Gasteiger partial charge in [-0.2, -0.15) is 0 Å². The monoisotopic (exact) mass is 332 g/mol. The predicted molar refractivity (Wildman–Crippen MR) is 85.6 cm³/mol. The van der Waals surface area contributed by atoms with Gasteiger partial charge in [-0.1, -0.05) is 29.8 Å². The molecule has 4 heteroatoms. The molecule has 2 aromatic carbocycles. The molecule has 0 heterocycles. The van der Waals surface area contributed by atoms with Crippen LogP contribution in [0, 0.1) is 6.92 Å². The molecule has 3 nitrogen and oxygen atoms in total. The molecule has 1 atom stereocenters. The van der Waals surface area contributed by atoms with Gasteiger partial charge < -0.3 is 11.1 Å². The molecule has 0 aliphatic carbocycles. The lowest BCUT2D eigenvalue weighted by molar-refractivity contribution is 0.0940. The molecule has 0 aliphatic heterocycles. The minimum atomic E-state index is -0.111. The molecule has 104 valence electrons. The predicted octanol–water partition coefficient (Wildman–Crippen LogP) is 3.83. The second-order valence-electron chi connectivity index (χ2n) is 4.85. The fourth-order valence-electron chi connectivity index (χ4n) is 1.97. The normalized spacial score (nSPS) is 11.9. The number of nitrogens with two attached hydrogens (primary N) is 1. The zero-order chi connectivity index (χ0) is 14.7. The van der Waals surface area contributed by atoms with E-state index >= 15 is 0 Å². The summed E-state index contributed by atoms with van der Waals surface area (Å²) < 4.78 is 0.730. The largest absolute Gasteiger partial charge is 0.398 e. The minimum absolute atomic E-state index is 0.0428. The second kappa shape index (κ2) is 6.09. The van der Waals surface area contributed by atoms with Gasteiger partial charge in [0.2, 0.25) is 0 Å². The average molecular weight is 333 g/mol. The van der Waals surface area contributed by atoms with Gasteiger partial charge >= 0.3 is 0 Å². The van der Waals surface area contributed by atoms with Crippen LogP contribution in [0.3, 0.4) is 0 Å². The molecule has 0 bridgehead atoms. The van der Waals surface area contributed by atoms with E-state index in [1.165, 1.54) is 5.56 Å². The first-order valence-corrected chi connectivity index (χ1v) is 7.19. The molecular formula is C16H17BrN2O. The van der Waals surface area contributed by atoms with Crippen LogP contribution in [-0.2, 0) is 0 Å². The van der Waals surface area contributed by atoms with Crippen molar-refractivity contribution in [2.45, 2.75) is 19.9 Å². The molecule has 2 rings (SSSR count).